The maximum Gasteiger partial charge on any atom is 0.335 e. The molecule has 8 rings (SSSR count). The van der Waals surface area contributed by atoms with Crippen molar-refractivity contribution in [2.75, 3.05) is 0 Å². The number of nitrogens with zero attached hydrogens (tertiary/aromatic N) is 2. The number of thiazole rings is 1. The van der Waals surface area contributed by atoms with Gasteiger partial charge in [0.1, 0.15) is 22.0 Å². The number of hydrogen-bond donors (Lipinski definition) is 1. The summed E-state index contributed by atoms with van der Waals surface area (Å²) in [6, 6.07) is 7.99. The Kier molecular flexibility index (Phi) is 6.04. The molecule has 1 N–H and O–H groups in total. The van der Waals surface area contributed by atoms with E-state index in [2.05, 4.69) is 10.1 Å². The van der Waals surface area contributed by atoms with Gasteiger partial charge in [-0.1, -0.05) is 34.4 Å². The first-order chi connectivity index (χ1) is 18.8. The zero-order chi connectivity index (χ0) is 26.9. The van der Waals surface area contributed by atoms with Crippen molar-refractivity contribution >= 4 is 50.7 Å². The molecule has 4 aliphatic carbocycles. The molecule has 0 amide bonds. The maximum absolute atomic E-state index is 14.7. The molecular formula is C29H25Cl2FN2O4S. The van der Waals surface area contributed by atoms with Gasteiger partial charge in [0, 0.05) is 22.5 Å². The topological polar surface area (TPSA) is 85.5 Å². The largest absolute Gasteiger partial charge is 0.478 e. The summed E-state index contributed by atoms with van der Waals surface area (Å²) in [5.74, 6) is -0.493. The molecule has 2 aromatic heterocycles. The quantitative estimate of drug-likeness (QED) is 0.233. The van der Waals surface area contributed by atoms with Gasteiger partial charge in [0.05, 0.1) is 32.5 Å². The van der Waals surface area contributed by atoms with Crippen molar-refractivity contribution in [3.8, 4) is 11.3 Å². The fourth-order valence-electron chi connectivity index (χ4n) is 6.30. The normalized spacial score (nSPS) is 24.5. The summed E-state index contributed by atoms with van der Waals surface area (Å²) < 4.78 is 27.8. The third kappa shape index (κ3) is 4.27. The first-order valence-corrected chi connectivity index (χ1v) is 14.8. The predicted molar refractivity (Wildman–Crippen MR) is 147 cm³/mol. The average Bonchev–Trinajstić information content (AvgIpc) is 3.53. The van der Waals surface area contributed by atoms with E-state index in [1.807, 2.05) is 6.07 Å². The molecular weight excluding hydrogens is 562 g/mol. The summed E-state index contributed by atoms with van der Waals surface area (Å²) >= 11 is 14.5. The van der Waals surface area contributed by atoms with Crippen molar-refractivity contribution in [3.63, 3.8) is 0 Å². The Morgan fingerprint density at radius 3 is 2.46 bits per heavy atom. The molecule has 4 aliphatic rings. The van der Waals surface area contributed by atoms with E-state index in [1.165, 1.54) is 17.4 Å². The van der Waals surface area contributed by atoms with Crippen molar-refractivity contribution in [1.82, 2.24) is 10.1 Å². The second-order valence-corrected chi connectivity index (χ2v) is 13.0. The fourth-order valence-corrected chi connectivity index (χ4v) is 8.17. The van der Waals surface area contributed by atoms with E-state index >= 15 is 0 Å². The molecule has 10 heteroatoms. The van der Waals surface area contributed by atoms with E-state index in [9.17, 15) is 14.3 Å². The van der Waals surface area contributed by atoms with Gasteiger partial charge in [-0.05, 0) is 75.6 Å². The Labute approximate surface area is 238 Å². The minimum atomic E-state index is -1.14. The SMILES string of the molecule is O=C(O)c1cc(F)c2nc(C34CCC(OCc5c(-c6c(Cl)cccc6Cl)noc5C5CC5)(CC3)CC4)sc2c1. The molecule has 0 aliphatic heterocycles. The number of aromatic carboxylic acids is 1. The van der Waals surface area contributed by atoms with Gasteiger partial charge in [0.25, 0.3) is 0 Å². The maximum atomic E-state index is 14.7. The standard InChI is InChI=1S/C29H25Cl2FN2O4S/c30-18-2-1-3-19(31)22(18)23-17(25(38-34-23)15-4-5-15)14-37-29-9-6-28(7-10-29,8-11-29)27-33-24-20(32)12-16(26(35)36)13-21(24)39-27/h1-3,12-13,15H,4-11,14H2,(H,35,36). The number of fused-ring (bicyclic) bond motifs is 4. The molecule has 4 saturated carbocycles. The molecule has 2 aromatic carbocycles. The minimum absolute atomic E-state index is 0.0517. The fraction of sp³-hybridized carbons (Fsp3) is 0.414. The molecule has 2 bridgehead atoms. The number of carboxylic acid groups (broad SMARTS) is 1. The number of aromatic nitrogens is 2. The Bertz CT molecular complexity index is 1580. The second kappa shape index (κ2) is 9.26. The summed E-state index contributed by atoms with van der Waals surface area (Å²) in [5.41, 5.74) is 2.09. The van der Waals surface area contributed by atoms with Crippen LogP contribution in [0.1, 0.15) is 84.0 Å². The van der Waals surface area contributed by atoms with Crippen LogP contribution in [0.3, 0.4) is 0 Å². The first-order valence-electron chi connectivity index (χ1n) is 13.2. The van der Waals surface area contributed by atoms with Gasteiger partial charge in [-0.2, -0.15) is 0 Å². The van der Waals surface area contributed by atoms with Crippen molar-refractivity contribution in [3.05, 3.63) is 68.1 Å². The van der Waals surface area contributed by atoms with Crippen LogP contribution >= 0.6 is 34.5 Å². The third-order valence-electron chi connectivity index (χ3n) is 8.82. The van der Waals surface area contributed by atoms with Crippen LogP contribution in [-0.4, -0.2) is 26.8 Å². The number of hydrogen-bond acceptors (Lipinski definition) is 6. The summed E-state index contributed by atoms with van der Waals surface area (Å²) in [4.78, 5) is 16.1. The Balaban J connectivity index is 1.13. The van der Waals surface area contributed by atoms with Crippen molar-refractivity contribution in [2.24, 2.45) is 0 Å². The van der Waals surface area contributed by atoms with Crippen molar-refractivity contribution in [2.45, 2.75) is 74.9 Å². The molecule has 0 radical (unpaired) electrons. The zero-order valence-electron chi connectivity index (χ0n) is 20.9. The van der Waals surface area contributed by atoms with Crippen LogP contribution in [0.2, 0.25) is 10.0 Å². The van der Waals surface area contributed by atoms with Gasteiger partial charge in [0.15, 0.2) is 5.82 Å². The van der Waals surface area contributed by atoms with E-state index < -0.39 is 11.8 Å². The summed E-state index contributed by atoms with van der Waals surface area (Å²) in [5, 5.41) is 15.7. The lowest BCUT2D eigenvalue weighted by Crippen LogP contribution is -2.49. The van der Waals surface area contributed by atoms with Gasteiger partial charge in [-0.15, -0.1) is 11.3 Å². The third-order valence-corrected chi connectivity index (χ3v) is 10.7. The zero-order valence-corrected chi connectivity index (χ0v) is 23.3. The van der Waals surface area contributed by atoms with Gasteiger partial charge < -0.3 is 14.4 Å². The first kappa shape index (κ1) is 25.4. The number of ether oxygens (including phenoxy) is 1. The number of benzene rings is 2. The van der Waals surface area contributed by atoms with Gasteiger partial charge in [-0.3, -0.25) is 0 Å². The van der Waals surface area contributed by atoms with E-state index in [4.69, 9.17) is 32.5 Å². The summed E-state index contributed by atoms with van der Waals surface area (Å²) in [6.07, 6.45) is 7.44. The average molecular weight is 588 g/mol. The van der Waals surface area contributed by atoms with E-state index in [0.717, 1.165) is 73.8 Å². The van der Waals surface area contributed by atoms with Crippen LogP contribution in [0.4, 0.5) is 4.39 Å². The molecule has 0 saturated heterocycles. The minimum Gasteiger partial charge on any atom is -0.478 e. The number of carboxylic acids is 1. The molecule has 0 spiro atoms. The smallest absolute Gasteiger partial charge is 0.335 e. The molecule has 202 valence electrons. The molecule has 0 atom stereocenters. The van der Waals surface area contributed by atoms with Gasteiger partial charge in [0.2, 0.25) is 0 Å². The highest BCUT2D eigenvalue weighted by molar-refractivity contribution is 7.18. The number of halogens is 3. The highest BCUT2D eigenvalue weighted by atomic mass is 35.5. The van der Waals surface area contributed by atoms with Crippen molar-refractivity contribution in [1.29, 1.82) is 0 Å². The number of rotatable bonds is 7. The lowest BCUT2D eigenvalue weighted by molar-refractivity contribution is -0.127. The Morgan fingerprint density at radius 1 is 1.13 bits per heavy atom. The van der Waals surface area contributed by atoms with Crippen LogP contribution in [-0.2, 0) is 16.8 Å². The van der Waals surface area contributed by atoms with Gasteiger partial charge in [-0.25, -0.2) is 14.2 Å². The van der Waals surface area contributed by atoms with E-state index in [1.54, 1.807) is 12.1 Å². The highest BCUT2D eigenvalue weighted by Gasteiger charge is 2.52. The Hall–Kier alpha value is -2.52. The summed E-state index contributed by atoms with van der Waals surface area (Å²) in [7, 11) is 0. The van der Waals surface area contributed by atoms with Crippen molar-refractivity contribution < 1.29 is 23.6 Å². The molecule has 39 heavy (non-hydrogen) atoms. The predicted octanol–water partition coefficient (Wildman–Crippen LogP) is 8.53. The van der Waals surface area contributed by atoms with Gasteiger partial charge >= 0.3 is 5.97 Å². The molecule has 0 unspecified atom stereocenters. The second-order valence-electron chi connectivity index (χ2n) is 11.1. The van der Waals surface area contributed by atoms with Crippen LogP contribution in [0.15, 0.2) is 34.9 Å². The van der Waals surface area contributed by atoms with E-state index in [-0.39, 0.29) is 22.1 Å². The molecule has 4 fully saturated rings. The lowest BCUT2D eigenvalue weighted by Gasteiger charge is -2.52. The van der Waals surface area contributed by atoms with E-state index in [0.29, 0.717) is 38.5 Å². The van der Waals surface area contributed by atoms with Crippen LogP contribution < -0.4 is 0 Å². The molecule has 4 aromatic rings. The Morgan fingerprint density at radius 2 is 1.82 bits per heavy atom. The molecule has 2 heterocycles. The number of carbonyl (C=O) groups is 1. The van der Waals surface area contributed by atoms with Crippen LogP contribution in [0, 0.1) is 5.82 Å². The molecule has 6 nitrogen and oxygen atoms in total. The lowest BCUT2D eigenvalue weighted by atomic mass is 9.59. The monoisotopic (exact) mass is 586 g/mol. The summed E-state index contributed by atoms with van der Waals surface area (Å²) in [6.45, 7) is 0.379. The van der Waals surface area contributed by atoms with Crippen LogP contribution in [0.25, 0.3) is 21.5 Å². The highest BCUT2D eigenvalue weighted by Crippen LogP contribution is 2.57. The van der Waals surface area contributed by atoms with Crippen LogP contribution in [0.5, 0.6) is 0 Å².